The zero-order chi connectivity index (χ0) is 15.9. The maximum atomic E-state index is 13.1. The second-order valence-electron chi connectivity index (χ2n) is 6.12. The lowest BCUT2D eigenvalue weighted by Gasteiger charge is -2.27. The van der Waals surface area contributed by atoms with E-state index < -0.39 is 10.0 Å². The molecule has 2 rings (SSSR count). The maximum absolute atomic E-state index is 13.1. The molecule has 5 heteroatoms. The summed E-state index contributed by atoms with van der Waals surface area (Å²) in [7, 11) is -1.75. The molecule has 1 saturated heterocycles. The van der Waals surface area contributed by atoms with Crippen LogP contribution in [0.3, 0.4) is 0 Å². The van der Waals surface area contributed by atoms with Crippen LogP contribution >= 0.6 is 0 Å². The van der Waals surface area contributed by atoms with Gasteiger partial charge in [-0.1, -0.05) is 0 Å². The molecule has 0 radical (unpaired) electrons. The zero-order valence-corrected chi connectivity index (χ0v) is 14.7. The normalized spacial score (nSPS) is 19.5. The van der Waals surface area contributed by atoms with E-state index in [4.69, 9.17) is 0 Å². The molecule has 1 atom stereocenters. The lowest BCUT2D eigenvalue weighted by atomic mass is 9.95. The van der Waals surface area contributed by atoms with Crippen molar-refractivity contribution in [3.63, 3.8) is 0 Å². The molecule has 1 fully saturated rings. The minimum absolute atomic E-state index is 0.0516. The number of hydrogen-bond donors (Lipinski definition) is 1. The van der Waals surface area contributed by atoms with Crippen molar-refractivity contribution >= 4 is 10.0 Å². The van der Waals surface area contributed by atoms with Crippen LogP contribution in [0.15, 0.2) is 4.90 Å². The molecule has 0 saturated carbocycles. The van der Waals surface area contributed by atoms with Crippen LogP contribution in [0, 0.1) is 34.6 Å². The predicted molar refractivity (Wildman–Crippen MR) is 86.4 cm³/mol. The Morgan fingerprint density at radius 3 is 1.86 bits per heavy atom. The monoisotopic (exact) mass is 310 g/mol. The smallest absolute Gasteiger partial charge is 0.243 e. The van der Waals surface area contributed by atoms with E-state index >= 15 is 0 Å². The number of benzene rings is 1. The Balaban J connectivity index is 2.60. The first kappa shape index (κ1) is 16.5. The minimum atomic E-state index is -3.45. The van der Waals surface area contributed by atoms with Crippen molar-refractivity contribution < 1.29 is 8.42 Å². The van der Waals surface area contributed by atoms with Crippen molar-refractivity contribution in [1.82, 2.24) is 9.62 Å². The van der Waals surface area contributed by atoms with E-state index in [1.54, 1.807) is 11.4 Å². The first-order valence-electron chi connectivity index (χ1n) is 7.45. The molecule has 1 unspecified atom stereocenters. The van der Waals surface area contributed by atoms with Crippen LogP contribution in [-0.4, -0.2) is 38.9 Å². The Morgan fingerprint density at radius 2 is 1.43 bits per heavy atom. The summed E-state index contributed by atoms with van der Waals surface area (Å²) >= 11 is 0. The standard InChI is InChI=1S/C16H26N2O2S/c1-10-11(2)13(4)16(14(5)12(10)3)21(19,20)18(6)15-7-8-17-9-15/h15,17H,7-9H2,1-6H3. The van der Waals surface area contributed by atoms with Gasteiger partial charge in [-0.3, -0.25) is 0 Å². The fourth-order valence-corrected chi connectivity index (χ4v) is 5.08. The topological polar surface area (TPSA) is 49.4 Å². The molecule has 4 nitrogen and oxygen atoms in total. The van der Waals surface area contributed by atoms with E-state index in [2.05, 4.69) is 12.2 Å². The number of hydrogen-bond acceptors (Lipinski definition) is 3. The lowest BCUT2D eigenvalue weighted by Crippen LogP contribution is -2.39. The van der Waals surface area contributed by atoms with E-state index in [-0.39, 0.29) is 6.04 Å². The summed E-state index contributed by atoms with van der Waals surface area (Å²) in [5, 5.41) is 3.23. The summed E-state index contributed by atoms with van der Waals surface area (Å²) in [4.78, 5) is 0.498. The summed E-state index contributed by atoms with van der Waals surface area (Å²) < 4.78 is 27.7. The summed E-state index contributed by atoms with van der Waals surface area (Å²) in [5.41, 5.74) is 5.11. The third kappa shape index (κ3) is 2.62. The molecule has 0 aromatic heterocycles. The Hall–Kier alpha value is -0.910. The Morgan fingerprint density at radius 1 is 0.952 bits per heavy atom. The number of rotatable bonds is 3. The van der Waals surface area contributed by atoms with E-state index in [0.29, 0.717) is 4.90 Å². The first-order chi connectivity index (χ1) is 9.69. The summed E-state index contributed by atoms with van der Waals surface area (Å²) in [5.74, 6) is 0. The van der Waals surface area contributed by atoms with E-state index in [1.165, 1.54) is 5.56 Å². The molecule has 0 bridgehead atoms. The van der Waals surface area contributed by atoms with Gasteiger partial charge in [-0.2, -0.15) is 4.31 Å². The molecular weight excluding hydrogens is 284 g/mol. The number of nitrogens with zero attached hydrogens (tertiary/aromatic N) is 1. The highest BCUT2D eigenvalue weighted by Gasteiger charge is 2.33. The van der Waals surface area contributed by atoms with Gasteiger partial charge in [-0.05, 0) is 75.4 Å². The third-order valence-corrected chi connectivity index (χ3v) is 7.30. The average molecular weight is 310 g/mol. The number of nitrogens with one attached hydrogen (secondary N) is 1. The Labute approximate surface area is 128 Å². The molecular formula is C16H26N2O2S. The highest BCUT2D eigenvalue weighted by molar-refractivity contribution is 7.89. The van der Waals surface area contributed by atoms with E-state index in [9.17, 15) is 8.42 Å². The molecule has 1 aliphatic rings. The van der Waals surface area contributed by atoms with Crippen LogP contribution < -0.4 is 5.32 Å². The predicted octanol–water partition coefficient (Wildman–Crippen LogP) is 2.21. The van der Waals surface area contributed by atoms with Gasteiger partial charge in [-0.25, -0.2) is 8.42 Å². The van der Waals surface area contributed by atoms with Crippen molar-refractivity contribution in [2.24, 2.45) is 0 Å². The molecule has 21 heavy (non-hydrogen) atoms. The molecule has 0 spiro atoms. The van der Waals surface area contributed by atoms with Crippen LogP contribution in [0.5, 0.6) is 0 Å². The molecule has 1 heterocycles. The molecule has 1 aromatic carbocycles. The van der Waals surface area contributed by atoms with Crippen molar-refractivity contribution in [3.05, 3.63) is 27.8 Å². The largest absolute Gasteiger partial charge is 0.315 e. The second kappa shape index (κ2) is 5.71. The minimum Gasteiger partial charge on any atom is -0.315 e. The quantitative estimate of drug-likeness (QED) is 0.931. The van der Waals surface area contributed by atoms with Gasteiger partial charge in [-0.15, -0.1) is 0 Å². The van der Waals surface area contributed by atoms with Crippen LogP contribution in [0.25, 0.3) is 0 Å². The summed E-state index contributed by atoms with van der Waals surface area (Å²) in [6, 6.07) is 0.0516. The Bertz CT molecular complexity index is 630. The number of likely N-dealkylation sites (N-methyl/N-ethyl adjacent to an activating group) is 1. The van der Waals surface area contributed by atoms with Gasteiger partial charge in [0.25, 0.3) is 0 Å². The van der Waals surface area contributed by atoms with Crippen LogP contribution in [-0.2, 0) is 10.0 Å². The zero-order valence-electron chi connectivity index (χ0n) is 13.9. The SMILES string of the molecule is Cc1c(C)c(C)c(S(=O)(=O)N(C)C2CCNC2)c(C)c1C. The van der Waals surface area contributed by atoms with Crippen molar-refractivity contribution in [2.75, 3.05) is 20.1 Å². The van der Waals surface area contributed by atoms with Crippen LogP contribution in [0.1, 0.15) is 34.2 Å². The van der Waals surface area contributed by atoms with Crippen molar-refractivity contribution in [2.45, 2.75) is 52.0 Å². The van der Waals surface area contributed by atoms with Gasteiger partial charge >= 0.3 is 0 Å². The van der Waals surface area contributed by atoms with Crippen molar-refractivity contribution in [3.8, 4) is 0 Å². The maximum Gasteiger partial charge on any atom is 0.243 e. The molecule has 0 aliphatic carbocycles. The number of sulfonamides is 1. The first-order valence-corrected chi connectivity index (χ1v) is 8.89. The van der Waals surface area contributed by atoms with Gasteiger partial charge in [0.1, 0.15) is 0 Å². The highest BCUT2D eigenvalue weighted by Crippen LogP contribution is 2.32. The fraction of sp³-hybridized carbons (Fsp3) is 0.625. The van der Waals surface area contributed by atoms with E-state index in [0.717, 1.165) is 41.8 Å². The fourth-order valence-electron chi connectivity index (χ4n) is 3.14. The molecule has 0 amide bonds. The van der Waals surface area contributed by atoms with Crippen LogP contribution in [0.4, 0.5) is 0 Å². The van der Waals surface area contributed by atoms with E-state index in [1.807, 2.05) is 27.7 Å². The lowest BCUT2D eigenvalue weighted by molar-refractivity contribution is 0.387. The molecule has 1 aliphatic heterocycles. The highest BCUT2D eigenvalue weighted by atomic mass is 32.2. The second-order valence-corrected chi connectivity index (χ2v) is 8.06. The summed E-state index contributed by atoms with van der Waals surface area (Å²) in [6.07, 6.45) is 0.873. The Kier molecular flexibility index (Phi) is 4.47. The van der Waals surface area contributed by atoms with Gasteiger partial charge in [0, 0.05) is 19.6 Å². The van der Waals surface area contributed by atoms with Crippen molar-refractivity contribution in [1.29, 1.82) is 0 Å². The van der Waals surface area contributed by atoms with Gasteiger partial charge in [0.15, 0.2) is 0 Å². The molecule has 1 aromatic rings. The third-order valence-electron chi connectivity index (χ3n) is 5.12. The summed E-state index contributed by atoms with van der Waals surface area (Å²) in [6.45, 7) is 11.5. The molecule has 1 N–H and O–H groups in total. The van der Waals surface area contributed by atoms with Gasteiger partial charge in [0.2, 0.25) is 10.0 Å². The molecule has 118 valence electrons. The van der Waals surface area contributed by atoms with Gasteiger partial charge in [0.05, 0.1) is 4.90 Å². The van der Waals surface area contributed by atoms with Gasteiger partial charge < -0.3 is 5.32 Å². The average Bonchev–Trinajstić information content (AvgIpc) is 2.96. The van der Waals surface area contributed by atoms with Crippen LogP contribution in [0.2, 0.25) is 0 Å².